The molecule has 0 radical (unpaired) electrons. The maximum absolute atomic E-state index is 12.1. The van der Waals surface area contributed by atoms with E-state index in [9.17, 15) is 13.2 Å². The van der Waals surface area contributed by atoms with Crippen LogP contribution in [0.15, 0.2) is 0 Å². The van der Waals surface area contributed by atoms with Gasteiger partial charge in [0.05, 0.1) is 12.5 Å². The minimum absolute atomic E-state index is 0.162. The highest BCUT2D eigenvalue weighted by Gasteiger charge is 2.41. The summed E-state index contributed by atoms with van der Waals surface area (Å²) in [4.78, 5) is 0. The second-order valence-corrected chi connectivity index (χ2v) is 2.93. The van der Waals surface area contributed by atoms with Gasteiger partial charge in [-0.05, 0) is 19.9 Å². The van der Waals surface area contributed by atoms with E-state index in [1.165, 1.54) is 0 Å². The Balaban J connectivity index is 2.36. The molecule has 1 aliphatic rings. The first-order valence-electron chi connectivity index (χ1n) is 3.89. The molecule has 2 atom stereocenters. The highest BCUT2D eigenvalue weighted by atomic mass is 19.4. The lowest BCUT2D eigenvalue weighted by Crippen LogP contribution is -2.40. The quantitative estimate of drug-likeness (QED) is 0.665. The average molecular weight is 183 g/mol. The van der Waals surface area contributed by atoms with Crippen molar-refractivity contribution in [2.24, 2.45) is 5.92 Å². The van der Waals surface area contributed by atoms with Gasteiger partial charge >= 0.3 is 6.18 Å². The molecule has 12 heavy (non-hydrogen) atoms. The summed E-state index contributed by atoms with van der Waals surface area (Å²) in [5.41, 5.74) is 0. The van der Waals surface area contributed by atoms with E-state index in [4.69, 9.17) is 4.74 Å². The van der Waals surface area contributed by atoms with E-state index < -0.39 is 12.1 Å². The van der Waals surface area contributed by atoms with Gasteiger partial charge in [-0.25, -0.2) is 0 Å². The van der Waals surface area contributed by atoms with Crippen LogP contribution in [0.4, 0.5) is 13.2 Å². The van der Waals surface area contributed by atoms with Crippen LogP contribution in [0.1, 0.15) is 12.8 Å². The number of hydrogen-bond donors (Lipinski definition) is 1. The lowest BCUT2D eigenvalue weighted by Gasteiger charge is -2.29. The van der Waals surface area contributed by atoms with E-state index in [-0.39, 0.29) is 19.3 Å². The molecule has 2 nitrogen and oxygen atoms in total. The summed E-state index contributed by atoms with van der Waals surface area (Å²) in [6, 6.07) is 0. The predicted molar refractivity (Wildman–Crippen MR) is 37.6 cm³/mol. The molecule has 0 bridgehead atoms. The summed E-state index contributed by atoms with van der Waals surface area (Å²) < 4.78 is 41.2. The maximum Gasteiger partial charge on any atom is 0.394 e. The molecular formula is C7H12F3NO. The third kappa shape index (κ3) is 2.35. The summed E-state index contributed by atoms with van der Waals surface area (Å²) in [6.07, 6.45) is -3.71. The fourth-order valence-corrected chi connectivity index (χ4v) is 1.24. The van der Waals surface area contributed by atoms with Crippen molar-refractivity contribution in [3.8, 4) is 0 Å². The van der Waals surface area contributed by atoms with Crippen LogP contribution in [0.25, 0.3) is 0 Å². The van der Waals surface area contributed by atoms with Crippen LogP contribution in [0.5, 0.6) is 0 Å². The van der Waals surface area contributed by atoms with Crippen molar-refractivity contribution in [1.29, 1.82) is 0 Å². The van der Waals surface area contributed by atoms with Crippen LogP contribution in [0.2, 0.25) is 0 Å². The number of ether oxygens (including phenoxy) is 1. The molecule has 1 rings (SSSR count). The van der Waals surface area contributed by atoms with Crippen LogP contribution in [0, 0.1) is 5.92 Å². The molecule has 1 heterocycles. The molecule has 0 unspecified atom stereocenters. The van der Waals surface area contributed by atoms with Gasteiger partial charge in [0.25, 0.3) is 0 Å². The van der Waals surface area contributed by atoms with Crippen LogP contribution >= 0.6 is 0 Å². The van der Waals surface area contributed by atoms with Gasteiger partial charge in [-0.2, -0.15) is 13.2 Å². The molecule has 1 aliphatic heterocycles. The Kier molecular flexibility index (Phi) is 2.95. The van der Waals surface area contributed by atoms with Gasteiger partial charge in [0, 0.05) is 0 Å². The van der Waals surface area contributed by atoms with Crippen molar-refractivity contribution in [3.05, 3.63) is 0 Å². The molecule has 0 aromatic rings. The molecule has 0 aromatic carbocycles. The summed E-state index contributed by atoms with van der Waals surface area (Å²) >= 11 is 0. The molecule has 72 valence electrons. The van der Waals surface area contributed by atoms with Gasteiger partial charge in [-0.3, -0.25) is 5.32 Å². The highest BCUT2D eigenvalue weighted by molar-refractivity contribution is 4.73. The molecule has 0 amide bonds. The zero-order valence-corrected chi connectivity index (χ0v) is 6.82. The number of rotatable bonds is 1. The smallest absolute Gasteiger partial charge is 0.363 e. The van der Waals surface area contributed by atoms with Crippen LogP contribution in [-0.2, 0) is 4.74 Å². The molecular weight excluding hydrogens is 171 g/mol. The van der Waals surface area contributed by atoms with E-state index in [2.05, 4.69) is 5.32 Å². The Morgan fingerprint density at radius 1 is 1.33 bits per heavy atom. The van der Waals surface area contributed by atoms with E-state index in [1.54, 1.807) is 7.05 Å². The van der Waals surface area contributed by atoms with Gasteiger partial charge in [-0.1, -0.05) is 0 Å². The first kappa shape index (κ1) is 9.80. The zero-order valence-electron chi connectivity index (χ0n) is 6.82. The van der Waals surface area contributed by atoms with Crippen LogP contribution in [-0.4, -0.2) is 26.1 Å². The molecule has 0 saturated carbocycles. The minimum atomic E-state index is -4.10. The van der Waals surface area contributed by atoms with Crippen LogP contribution in [0.3, 0.4) is 0 Å². The Hall–Kier alpha value is -0.290. The molecule has 1 fully saturated rings. The Bertz CT molecular complexity index is 140. The average Bonchev–Trinajstić information content (AvgIpc) is 2.03. The molecule has 1 saturated heterocycles. The summed E-state index contributed by atoms with van der Waals surface area (Å²) in [5, 5.41) is 2.79. The third-order valence-electron chi connectivity index (χ3n) is 2.06. The minimum Gasteiger partial charge on any atom is -0.363 e. The van der Waals surface area contributed by atoms with E-state index >= 15 is 0 Å². The lowest BCUT2D eigenvalue weighted by atomic mass is 10.0. The largest absolute Gasteiger partial charge is 0.394 e. The van der Waals surface area contributed by atoms with E-state index in [1.807, 2.05) is 0 Å². The molecule has 0 aliphatic carbocycles. The molecule has 5 heteroatoms. The Morgan fingerprint density at radius 2 is 2.00 bits per heavy atom. The highest BCUT2D eigenvalue weighted by Crippen LogP contribution is 2.33. The van der Waals surface area contributed by atoms with Crippen molar-refractivity contribution in [2.75, 3.05) is 13.7 Å². The second-order valence-electron chi connectivity index (χ2n) is 2.93. The van der Waals surface area contributed by atoms with E-state index in [0.717, 1.165) is 0 Å². The lowest BCUT2D eigenvalue weighted by molar-refractivity contribution is -0.209. The van der Waals surface area contributed by atoms with Crippen molar-refractivity contribution < 1.29 is 17.9 Å². The molecule has 0 spiro atoms. The molecule has 1 N–H and O–H groups in total. The van der Waals surface area contributed by atoms with Gasteiger partial charge < -0.3 is 4.74 Å². The Morgan fingerprint density at radius 3 is 2.33 bits per heavy atom. The van der Waals surface area contributed by atoms with Crippen molar-refractivity contribution in [3.63, 3.8) is 0 Å². The number of hydrogen-bond acceptors (Lipinski definition) is 2. The standard InChI is InChI=1S/C7H12F3NO/c1-11-6-3-2-5(4-12-6)7(8,9)10/h5-6,11H,2-4H2,1H3/t5-,6+/m0/s1. The fraction of sp³-hybridized carbons (Fsp3) is 1.00. The van der Waals surface area contributed by atoms with Gasteiger partial charge in [0.1, 0.15) is 6.23 Å². The van der Waals surface area contributed by atoms with Crippen LogP contribution < -0.4 is 5.32 Å². The maximum atomic E-state index is 12.1. The summed E-state index contributed by atoms with van der Waals surface area (Å²) in [7, 11) is 1.68. The van der Waals surface area contributed by atoms with Gasteiger partial charge in [0.15, 0.2) is 0 Å². The molecule has 0 aromatic heterocycles. The SMILES string of the molecule is CN[C@H]1CC[C@H](C(F)(F)F)CO1. The number of halogens is 3. The van der Waals surface area contributed by atoms with Crippen molar-refractivity contribution in [1.82, 2.24) is 5.32 Å². The number of nitrogens with one attached hydrogen (secondary N) is 1. The normalized spacial score (nSPS) is 32.0. The summed E-state index contributed by atoms with van der Waals surface area (Å²) in [5.74, 6) is -1.28. The second kappa shape index (κ2) is 3.62. The Labute approximate surface area is 69.1 Å². The number of alkyl halides is 3. The topological polar surface area (TPSA) is 21.3 Å². The summed E-state index contributed by atoms with van der Waals surface area (Å²) in [6.45, 7) is -0.213. The third-order valence-corrected chi connectivity index (χ3v) is 2.06. The van der Waals surface area contributed by atoms with Gasteiger partial charge in [0.2, 0.25) is 0 Å². The monoisotopic (exact) mass is 183 g/mol. The first-order chi connectivity index (χ1) is 5.54. The predicted octanol–water partition coefficient (Wildman–Crippen LogP) is 1.52. The fourth-order valence-electron chi connectivity index (χ4n) is 1.24. The van der Waals surface area contributed by atoms with Crippen molar-refractivity contribution >= 4 is 0 Å². The first-order valence-corrected chi connectivity index (χ1v) is 3.89. The van der Waals surface area contributed by atoms with E-state index in [0.29, 0.717) is 6.42 Å². The van der Waals surface area contributed by atoms with Crippen molar-refractivity contribution in [2.45, 2.75) is 25.2 Å². The zero-order chi connectivity index (χ0) is 9.19. The van der Waals surface area contributed by atoms with Gasteiger partial charge in [-0.15, -0.1) is 0 Å².